The summed E-state index contributed by atoms with van der Waals surface area (Å²) in [6.45, 7) is 8.33. The minimum absolute atomic E-state index is 0.0400. The Balaban J connectivity index is 0.000000394. The van der Waals surface area contributed by atoms with Crippen LogP contribution in [0.2, 0.25) is 5.02 Å². The van der Waals surface area contributed by atoms with Crippen molar-refractivity contribution in [3.8, 4) is 0 Å². The number of hydrogen-bond acceptors (Lipinski definition) is 11. The Kier molecular flexibility index (Phi) is 22.6. The van der Waals surface area contributed by atoms with Crippen molar-refractivity contribution in [1.82, 2.24) is 30.1 Å². The highest BCUT2D eigenvalue weighted by molar-refractivity contribution is 7.97. The fourth-order valence-electron chi connectivity index (χ4n) is 6.50. The number of fused-ring (bicyclic) bond motifs is 2. The van der Waals surface area contributed by atoms with Crippen molar-refractivity contribution in [3.63, 3.8) is 0 Å². The van der Waals surface area contributed by atoms with Gasteiger partial charge in [0.05, 0.1) is 18.7 Å². The number of nitrogens with two attached hydrogens (primary N) is 1. The van der Waals surface area contributed by atoms with Gasteiger partial charge in [0, 0.05) is 43.5 Å². The normalized spacial score (nSPS) is 21.9. The highest BCUT2D eigenvalue weighted by Gasteiger charge is 2.43. The van der Waals surface area contributed by atoms with Crippen molar-refractivity contribution in [1.29, 1.82) is 0 Å². The molecule has 0 spiro atoms. The molecule has 0 saturated carbocycles. The van der Waals surface area contributed by atoms with Crippen LogP contribution in [0.5, 0.6) is 0 Å². The van der Waals surface area contributed by atoms with E-state index in [9.17, 15) is 46.7 Å². The highest BCUT2D eigenvalue weighted by Crippen LogP contribution is 2.26. The van der Waals surface area contributed by atoms with Crippen LogP contribution in [0.25, 0.3) is 0 Å². The number of likely N-dealkylation sites (N-methyl/N-ethyl adjacent to an activating group) is 2. The van der Waals surface area contributed by atoms with E-state index in [1.165, 1.54) is 46.0 Å². The first-order chi connectivity index (χ1) is 28.8. The molecule has 6 amide bonds. The van der Waals surface area contributed by atoms with Gasteiger partial charge in [0.2, 0.25) is 35.9 Å². The number of nitrogens with one attached hydrogen (secondary N) is 4. The van der Waals surface area contributed by atoms with Crippen molar-refractivity contribution in [3.05, 3.63) is 64.4 Å². The average Bonchev–Trinajstić information content (AvgIpc) is 3.84. The lowest BCUT2D eigenvalue weighted by Crippen LogP contribution is -2.59. The Bertz CT molecular complexity index is 1780. The first-order valence-electron chi connectivity index (χ1n) is 19.5. The number of anilines is 1. The van der Waals surface area contributed by atoms with E-state index in [0.29, 0.717) is 49.3 Å². The molecule has 3 saturated heterocycles. The minimum Gasteiger partial charge on any atom is -0.464 e. The summed E-state index contributed by atoms with van der Waals surface area (Å²) in [6, 6.07) is 4.27. The van der Waals surface area contributed by atoms with Gasteiger partial charge in [-0.3, -0.25) is 33.5 Å². The van der Waals surface area contributed by atoms with E-state index < -0.39 is 53.5 Å². The van der Waals surface area contributed by atoms with Crippen LogP contribution in [0, 0.1) is 30.3 Å². The maximum absolute atomic E-state index is 13.5. The molecule has 21 heteroatoms. The average molecular weight is 901 g/mol. The third kappa shape index (κ3) is 17.2. The van der Waals surface area contributed by atoms with Crippen LogP contribution in [-0.4, -0.2) is 133 Å². The lowest BCUT2D eigenvalue weighted by Gasteiger charge is -2.34. The van der Waals surface area contributed by atoms with Gasteiger partial charge in [-0.25, -0.2) is 18.0 Å². The standard InChI is InChI=1S/C23H37N5O6S.C7H5ClFNO.C7H6F2.C3H8N2O/c1-5-35-24-12-18-20(30)25-15(3)21(31)27-9-6-7-16(27)23(33)34-10-8-19(29)28-13-14(2)11-17(28)22(32)26(18)4;8-5-1-2-7(10-4-11)6(9)3-5;1-5-2-6(8)4-7(9)3-5;1-5-2-3(4)6/h14-18,24H,5-13H2,1-4H3,(H,25,30);1-4H,(H,10,11);2-4H,1H3;5H,2H2,1H3,(H2,4,6). The number of amides is 6. The van der Waals surface area contributed by atoms with Gasteiger partial charge in [0.25, 0.3) is 0 Å². The highest BCUT2D eigenvalue weighted by atomic mass is 35.5. The summed E-state index contributed by atoms with van der Waals surface area (Å²) < 4.78 is 45.6. The number of rotatable bonds is 8. The number of ether oxygens (including phenoxy) is 1. The van der Waals surface area contributed by atoms with Gasteiger partial charge >= 0.3 is 5.97 Å². The second-order valence-electron chi connectivity index (χ2n) is 14.3. The number of esters is 1. The zero-order valence-electron chi connectivity index (χ0n) is 35.1. The van der Waals surface area contributed by atoms with E-state index >= 15 is 0 Å². The molecule has 5 unspecified atom stereocenters. The summed E-state index contributed by atoms with van der Waals surface area (Å²) in [6.07, 6.45) is 1.99. The number of hydrogen-bond donors (Lipinski definition) is 5. The van der Waals surface area contributed by atoms with Crippen molar-refractivity contribution in [2.45, 2.75) is 77.5 Å². The maximum Gasteiger partial charge on any atom is 0.328 e. The number of cyclic esters (lactones) is 1. The number of aryl methyl sites for hydroxylation is 1. The summed E-state index contributed by atoms with van der Waals surface area (Å²) in [5.41, 5.74) is 5.43. The van der Waals surface area contributed by atoms with Gasteiger partial charge in [-0.05, 0) is 82.0 Å². The Hall–Kier alpha value is -4.92. The number of carbonyl (C=O) groups is 7. The number of primary amides is 1. The minimum atomic E-state index is -0.878. The van der Waals surface area contributed by atoms with E-state index in [2.05, 4.69) is 20.7 Å². The molecule has 5 rings (SSSR count). The first kappa shape index (κ1) is 52.2. The van der Waals surface area contributed by atoms with Crippen LogP contribution in [-0.2, 0) is 38.3 Å². The quantitative estimate of drug-likeness (QED) is 0.113. The van der Waals surface area contributed by atoms with E-state index in [0.717, 1.165) is 17.9 Å². The third-order valence-corrected chi connectivity index (χ3v) is 10.3. The van der Waals surface area contributed by atoms with Crippen LogP contribution >= 0.6 is 23.5 Å². The molecule has 3 heterocycles. The Labute approximate surface area is 363 Å². The molecule has 338 valence electrons. The molecule has 61 heavy (non-hydrogen) atoms. The maximum atomic E-state index is 13.5. The first-order valence-corrected chi connectivity index (χ1v) is 20.9. The fraction of sp³-hybridized carbons (Fsp3) is 0.525. The smallest absolute Gasteiger partial charge is 0.328 e. The van der Waals surface area contributed by atoms with Crippen molar-refractivity contribution in [2.24, 2.45) is 11.7 Å². The molecule has 0 bridgehead atoms. The molecule has 3 fully saturated rings. The van der Waals surface area contributed by atoms with Gasteiger partial charge in [0.1, 0.15) is 48.2 Å². The Morgan fingerprint density at radius 1 is 1.03 bits per heavy atom. The zero-order chi connectivity index (χ0) is 45.8. The van der Waals surface area contributed by atoms with Gasteiger partial charge in [-0.1, -0.05) is 37.4 Å². The predicted octanol–water partition coefficient (Wildman–Crippen LogP) is 2.76. The van der Waals surface area contributed by atoms with Gasteiger partial charge < -0.3 is 41.1 Å². The molecule has 6 N–H and O–H groups in total. The molecular formula is C40H56ClF3N8O8S. The third-order valence-electron chi connectivity index (χ3n) is 9.36. The molecule has 0 aliphatic carbocycles. The Morgan fingerprint density at radius 3 is 2.26 bits per heavy atom. The summed E-state index contributed by atoms with van der Waals surface area (Å²) in [7, 11) is 3.23. The van der Waals surface area contributed by atoms with Crippen LogP contribution in [0.3, 0.4) is 0 Å². The van der Waals surface area contributed by atoms with E-state index in [-0.39, 0.29) is 61.4 Å². The summed E-state index contributed by atoms with van der Waals surface area (Å²) in [5, 5.41) is 7.82. The lowest BCUT2D eigenvalue weighted by atomic mass is 10.1. The number of nitrogens with zero attached hydrogens (tertiary/aromatic N) is 3. The van der Waals surface area contributed by atoms with E-state index in [4.69, 9.17) is 22.1 Å². The molecule has 0 radical (unpaired) electrons. The Morgan fingerprint density at radius 2 is 1.70 bits per heavy atom. The largest absolute Gasteiger partial charge is 0.464 e. The summed E-state index contributed by atoms with van der Waals surface area (Å²) in [5.74, 6) is -2.99. The molecular weight excluding hydrogens is 845 g/mol. The molecule has 5 atom stereocenters. The monoisotopic (exact) mass is 900 g/mol. The zero-order valence-corrected chi connectivity index (χ0v) is 36.7. The molecule has 3 aliphatic heterocycles. The number of benzene rings is 2. The van der Waals surface area contributed by atoms with Crippen LogP contribution in [0.1, 0.15) is 52.0 Å². The second-order valence-corrected chi connectivity index (χ2v) is 15.9. The molecule has 3 aliphatic rings. The van der Waals surface area contributed by atoms with Crippen LogP contribution in [0.15, 0.2) is 36.4 Å². The molecule has 16 nitrogen and oxygen atoms in total. The molecule has 2 aromatic carbocycles. The van der Waals surface area contributed by atoms with E-state index in [1.54, 1.807) is 32.8 Å². The molecule has 2 aromatic rings. The summed E-state index contributed by atoms with van der Waals surface area (Å²) >= 11 is 6.88. The van der Waals surface area contributed by atoms with E-state index in [1.807, 2.05) is 13.8 Å². The second kappa shape index (κ2) is 26.4. The van der Waals surface area contributed by atoms with Crippen molar-refractivity contribution in [2.75, 3.05) is 58.0 Å². The summed E-state index contributed by atoms with van der Waals surface area (Å²) in [4.78, 5) is 89.6. The number of carbonyl (C=O) groups excluding carboxylic acids is 7. The number of halogens is 4. The van der Waals surface area contributed by atoms with Crippen molar-refractivity contribution >= 4 is 71.2 Å². The van der Waals surface area contributed by atoms with Crippen LogP contribution < -0.4 is 26.4 Å². The van der Waals surface area contributed by atoms with Gasteiger partial charge in [-0.2, -0.15) is 0 Å². The predicted molar refractivity (Wildman–Crippen MR) is 225 cm³/mol. The lowest BCUT2D eigenvalue weighted by molar-refractivity contribution is -0.156. The van der Waals surface area contributed by atoms with Gasteiger partial charge in [0.15, 0.2) is 0 Å². The molecule has 0 aromatic heterocycles. The SMILES string of the molecule is CCSNCC1C(=O)NC(C)C(=O)N2CCCC2C(=O)OCCC(=O)N2CC(C)CC2C(=O)N1C.CNCC(N)=O.Cc1cc(F)cc(F)c1.O=CNc1ccc(Cl)cc1F. The fourth-order valence-corrected chi connectivity index (χ4v) is 7.14. The van der Waals surface area contributed by atoms with Gasteiger partial charge in [-0.15, -0.1) is 0 Å². The van der Waals surface area contributed by atoms with Crippen LogP contribution in [0.4, 0.5) is 18.9 Å². The topological polar surface area (TPSA) is 213 Å². The van der Waals surface area contributed by atoms with Crippen molar-refractivity contribution < 1.29 is 51.5 Å².